The molecule has 1 atom stereocenters. The topological polar surface area (TPSA) is 127 Å². The van der Waals surface area contributed by atoms with Crippen LogP contribution in [0, 0.1) is 0 Å². The highest BCUT2D eigenvalue weighted by molar-refractivity contribution is 7.86. The van der Waals surface area contributed by atoms with Crippen molar-refractivity contribution < 1.29 is 27.6 Å². The molecule has 0 aromatic heterocycles. The molecule has 0 heterocycles. The maximum absolute atomic E-state index is 11.7. The lowest BCUT2D eigenvalue weighted by Crippen LogP contribution is -2.20. The Morgan fingerprint density at radius 2 is 1.95 bits per heavy atom. The maximum atomic E-state index is 11.7. The summed E-state index contributed by atoms with van der Waals surface area (Å²) in [5, 5.41) is 9.13. The molecule has 0 aliphatic heterocycles. The third-order valence-electron chi connectivity index (χ3n) is 2.42. The number of allylic oxidation sites excluding steroid dienone is 1. The molecule has 8 heteroatoms. The molecule has 0 saturated carbocycles. The minimum Gasteiger partial charge on any atom is -0.461 e. The number of carbonyl (C=O) groups is 1. The molecule has 0 rings (SSSR count). The highest BCUT2D eigenvalue weighted by atomic mass is 32.2. The summed E-state index contributed by atoms with van der Waals surface area (Å²) in [6.45, 7) is 3.81. The lowest BCUT2D eigenvalue weighted by atomic mass is 10.0. The largest absolute Gasteiger partial charge is 0.461 e. The molecule has 1 unspecified atom stereocenters. The molecule has 0 aromatic rings. The number of ether oxygens (including phenoxy) is 1. The first-order valence-corrected chi connectivity index (χ1v) is 7.38. The van der Waals surface area contributed by atoms with Crippen molar-refractivity contribution in [1.82, 2.24) is 0 Å². The molecule has 7 nitrogen and oxygen atoms in total. The summed E-state index contributed by atoms with van der Waals surface area (Å²) in [5.74, 6) is -0.494. The smallest absolute Gasteiger partial charge is 0.333 e. The summed E-state index contributed by atoms with van der Waals surface area (Å²) in [4.78, 5) is 11.7. The minimum absolute atomic E-state index is 0.114. The van der Waals surface area contributed by atoms with Crippen molar-refractivity contribution in [1.29, 1.82) is 0 Å². The Morgan fingerprint density at radius 1 is 1.37 bits per heavy atom. The second kappa shape index (κ2) is 8.26. The highest BCUT2D eigenvalue weighted by Gasteiger charge is 2.20. The van der Waals surface area contributed by atoms with Gasteiger partial charge in [0, 0.05) is 12.1 Å². The second-order valence-corrected chi connectivity index (χ2v) is 5.84. The van der Waals surface area contributed by atoms with E-state index in [1.807, 2.05) is 0 Å². The fourth-order valence-corrected chi connectivity index (χ4v) is 1.86. The van der Waals surface area contributed by atoms with E-state index in [2.05, 4.69) is 0 Å². The van der Waals surface area contributed by atoms with Crippen molar-refractivity contribution in [2.75, 3.05) is 13.2 Å². The third-order valence-corrected chi connectivity index (χ3v) is 3.35. The third kappa shape index (κ3) is 7.26. The zero-order valence-corrected chi connectivity index (χ0v) is 11.9. The van der Waals surface area contributed by atoms with E-state index in [1.54, 1.807) is 13.8 Å². The molecule has 112 valence electrons. The van der Waals surface area contributed by atoms with Gasteiger partial charge in [-0.2, -0.15) is 8.42 Å². The quantitative estimate of drug-likeness (QED) is 0.331. The molecule has 4 N–H and O–H groups in total. The Morgan fingerprint density at radius 3 is 2.37 bits per heavy atom. The monoisotopic (exact) mass is 295 g/mol. The van der Waals surface area contributed by atoms with E-state index < -0.39 is 21.5 Å². The molecule has 0 aliphatic rings. The number of hydrogen-bond donors (Lipinski definition) is 3. The van der Waals surface area contributed by atoms with Crippen LogP contribution in [0.1, 0.15) is 33.1 Å². The van der Waals surface area contributed by atoms with Gasteiger partial charge in [-0.05, 0) is 33.1 Å². The molecule has 0 amide bonds. The fraction of sp³-hybridized carbons (Fsp3) is 0.727. The summed E-state index contributed by atoms with van der Waals surface area (Å²) >= 11 is 0. The average molecular weight is 295 g/mol. The Kier molecular flexibility index (Phi) is 7.84. The predicted octanol–water partition coefficient (Wildman–Crippen LogP) is 0.201. The number of esters is 1. The number of hydrogen-bond acceptors (Lipinski definition) is 6. The van der Waals surface area contributed by atoms with Gasteiger partial charge < -0.3 is 15.6 Å². The van der Waals surface area contributed by atoms with Crippen LogP contribution < -0.4 is 5.73 Å². The van der Waals surface area contributed by atoms with Crippen LogP contribution in [0.3, 0.4) is 0 Å². The summed E-state index contributed by atoms with van der Waals surface area (Å²) in [6.07, 6.45) is 0.345. The highest BCUT2D eigenvalue weighted by Crippen LogP contribution is 2.16. The van der Waals surface area contributed by atoms with Crippen molar-refractivity contribution in [3.05, 3.63) is 11.1 Å². The Labute approximate surface area is 113 Å². The molecule has 0 aliphatic carbocycles. The molecule has 0 spiro atoms. The summed E-state index contributed by atoms with van der Waals surface area (Å²) < 4.78 is 34.7. The first-order chi connectivity index (χ1) is 8.70. The first-order valence-electron chi connectivity index (χ1n) is 5.88. The predicted molar refractivity (Wildman–Crippen MR) is 69.8 cm³/mol. The molecule has 0 radical (unpaired) electrons. The lowest BCUT2D eigenvalue weighted by Gasteiger charge is -2.11. The molecule has 0 fully saturated rings. The van der Waals surface area contributed by atoms with Crippen LogP contribution in [-0.4, -0.2) is 42.6 Å². The Hall–Kier alpha value is -0.960. The van der Waals surface area contributed by atoms with Crippen molar-refractivity contribution in [2.24, 2.45) is 5.73 Å². The van der Waals surface area contributed by atoms with Crippen molar-refractivity contribution >= 4 is 16.1 Å². The van der Waals surface area contributed by atoms with Gasteiger partial charge in [-0.3, -0.25) is 4.55 Å². The van der Waals surface area contributed by atoms with Gasteiger partial charge in [-0.1, -0.05) is 5.57 Å². The average Bonchev–Trinajstić information content (AvgIpc) is 2.29. The lowest BCUT2D eigenvalue weighted by molar-refractivity contribution is -0.139. The minimum atomic E-state index is -4.45. The number of rotatable bonds is 8. The normalized spacial score (nSPS) is 12.9. The van der Waals surface area contributed by atoms with E-state index in [0.717, 1.165) is 5.57 Å². The zero-order valence-electron chi connectivity index (χ0n) is 11.1. The van der Waals surface area contributed by atoms with E-state index in [0.29, 0.717) is 5.57 Å². The molecule has 0 bridgehead atoms. The molecule has 0 aromatic carbocycles. The van der Waals surface area contributed by atoms with E-state index in [1.165, 1.54) is 0 Å². The molecular weight excluding hydrogens is 274 g/mol. The van der Waals surface area contributed by atoms with Crippen molar-refractivity contribution in [3.8, 4) is 0 Å². The maximum Gasteiger partial charge on any atom is 0.333 e. The summed E-state index contributed by atoms with van der Waals surface area (Å²) in [6, 6.07) is 0. The van der Waals surface area contributed by atoms with Crippen LogP contribution in [0.15, 0.2) is 11.1 Å². The van der Waals surface area contributed by atoms with Crippen LogP contribution in [0.2, 0.25) is 0 Å². The summed E-state index contributed by atoms with van der Waals surface area (Å²) in [5.41, 5.74) is 4.57. The van der Waals surface area contributed by atoms with Gasteiger partial charge in [0.2, 0.25) is 0 Å². The van der Waals surface area contributed by atoms with E-state index >= 15 is 0 Å². The van der Waals surface area contributed by atoms with Crippen LogP contribution in [-0.2, 0) is 19.6 Å². The van der Waals surface area contributed by atoms with Gasteiger partial charge >= 0.3 is 5.97 Å². The number of carbonyl (C=O) groups excluding carboxylic acids is 1. The van der Waals surface area contributed by atoms with Crippen molar-refractivity contribution in [3.63, 3.8) is 0 Å². The SMILES string of the molecule is CC(C)=C(CCCC(O)S(=O)(=O)O)C(=O)OCCN. The van der Waals surface area contributed by atoms with Gasteiger partial charge in [0.25, 0.3) is 10.1 Å². The molecule has 0 saturated heterocycles. The van der Waals surface area contributed by atoms with Gasteiger partial charge in [0.1, 0.15) is 6.61 Å². The fourth-order valence-electron chi connectivity index (χ4n) is 1.40. The van der Waals surface area contributed by atoms with Crippen molar-refractivity contribution in [2.45, 2.75) is 38.5 Å². The second-order valence-electron chi connectivity index (χ2n) is 4.26. The van der Waals surface area contributed by atoms with Gasteiger partial charge in [0.05, 0.1) is 0 Å². The summed E-state index contributed by atoms with van der Waals surface area (Å²) in [7, 11) is -4.45. The van der Waals surface area contributed by atoms with Crippen LogP contribution >= 0.6 is 0 Å². The van der Waals surface area contributed by atoms with E-state index in [4.69, 9.17) is 20.1 Å². The van der Waals surface area contributed by atoms with Crippen LogP contribution in [0.4, 0.5) is 0 Å². The number of aliphatic hydroxyl groups is 1. The van der Waals surface area contributed by atoms with E-state index in [9.17, 15) is 13.2 Å². The Balaban J connectivity index is 4.41. The standard InChI is InChI=1S/C11H21NO6S/c1-8(2)9(11(14)18-7-6-12)4-3-5-10(13)19(15,16)17/h10,13H,3-7,12H2,1-2H3,(H,15,16,17). The number of aliphatic hydroxyl groups excluding tert-OH is 1. The number of nitrogens with two attached hydrogens (primary N) is 1. The van der Waals surface area contributed by atoms with Gasteiger partial charge in [0.15, 0.2) is 5.44 Å². The molecular formula is C11H21NO6S. The van der Waals surface area contributed by atoms with E-state index in [-0.39, 0.29) is 32.4 Å². The molecule has 19 heavy (non-hydrogen) atoms. The first kappa shape index (κ1) is 18.0. The Bertz CT molecular complexity index is 424. The van der Waals surface area contributed by atoms with Crippen LogP contribution in [0.5, 0.6) is 0 Å². The van der Waals surface area contributed by atoms with Gasteiger partial charge in [-0.25, -0.2) is 4.79 Å². The van der Waals surface area contributed by atoms with Gasteiger partial charge in [-0.15, -0.1) is 0 Å². The zero-order chi connectivity index (χ0) is 15.1. The van der Waals surface area contributed by atoms with Crippen LogP contribution in [0.25, 0.3) is 0 Å².